The summed E-state index contributed by atoms with van der Waals surface area (Å²) in [6.45, 7) is 4.31. The van der Waals surface area contributed by atoms with Gasteiger partial charge in [-0.15, -0.1) is 5.16 Å². The number of nitrogens with zero attached hydrogens (tertiary/aromatic N) is 1. The zero-order valence-electron chi connectivity index (χ0n) is 5.38. The van der Waals surface area contributed by atoms with E-state index in [9.17, 15) is 0 Å². The van der Waals surface area contributed by atoms with Gasteiger partial charge in [-0.1, -0.05) is 0 Å². The van der Waals surface area contributed by atoms with Crippen LogP contribution in [-0.4, -0.2) is 19.9 Å². The maximum atomic E-state index is 4.77. The van der Waals surface area contributed by atoms with Crippen LogP contribution in [-0.2, 0) is 9.68 Å². The molecular weight excluding hydrogens is 120 g/mol. The van der Waals surface area contributed by atoms with Crippen LogP contribution in [0.25, 0.3) is 0 Å². The van der Waals surface area contributed by atoms with Crippen molar-refractivity contribution in [2.75, 3.05) is 13.2 Å². The summed E-state index contributed by atoms with van der Waals surface area (Å²) in [5, 5.41) is 3.21. The molecule has 0 saturated carbocycles. The third-order valence-corrected chi connectivity index (χ3v) is 0.839. The Labute approximate surface area is 54.6 Å². The highest BCUT2D eigenvalue weighted by Crippen LogP contribution is 1.88. The number of nitrogens with two attached hydrogens (primary N) is 1. The van der Waals surface area contributed by atoms with Gasteiger partial charge in [0.25, 0.3) is 0 Å². The number of hydrogen-bond donors (Lipinski definition) is 1. The van der Waals surface area contributed by atoms with Crippen molar-refractivity contribution in [2.24, 2.45) is 11.1 Å². The van der Waals surface area contributed by atoms with Crippen molar-refractivity contribution in [1.82, 2.24) is 0 Å². The monoisotopic (exact) mass is 132 g/mol. The molecule has 54 valence electrons. The van der Waals surface area contributed by atoms with Crippen LogP contribution in [0.2, 0.25) is 0 Å². The van der Waals surface area contributed by atoms with Gasteiger partial charge < -0.3 is 9.68 Å². The van der Waals surface area contributed by atoms with E-state index in [1.807, 2.05) is 0 Å². The highest BCUT2D eigenvalue weighted by atomic mass is 16.6. The predicted octanol–water partition coefficient (Wildman–Crippen LogP) is 0.289. The number of hydrogen-bond acceptors (Lipinski definition) is 4. The summed E-state index contributed by atoms with van der Waals surface area (Å²) in [6, 6.07) is 0. The molecule has 0 saturated heterocycles. The molecule has 0 atom stereocenters. The maximum absolute atomic E-state index is 4.77. The lowest BCUT2D eigenvalue weighted by atomic mass is 10.3. The van der Waals surface area contributed by atoms with E-state index >= 15 is 0 Å². The summed E-state index contributed by atoms with van der Waals surface area (Å²) in [6.07, 6.45) is 1.79. The maximum Gasteiger partial charge on any atom is 0.117 e. The molecule has 0 fully saturated rings. The Balaban J connectivity index is 2.66. The van der Waals surface area contributed by atoms with Gasteiger partial charge in [0.1, 0.15) is 6.61 Å². The van der Waals surface area contributed by atoms with Crippen LogP contribution in [0.1, 0.15) is 12.8 Å². The Morgan fingerprint density at radius 3 is 2.56 bits per heavy atom. The van der Waals surface area contributed by atoms with Gasteiger partial charge >= 0.3 is 0 Å². The molecule has 0 aromatic rings. The van der Waals surface area contributed by atoms with Crippen LogP contribution >= 0.6 is 0 Å². The van der Waals surface area contributed by atoms with Gasteiger partial charge in [-0.2, -0.15) is 0 Å². The van der Waals surface area contributed by atoms with E-state index in [4.69, 9.17) is 5.90 Å². The lowest BCUT2D eigenvalue weighted by molar-refractivity contribution is 0.109. The Morgan fingerprint density at radius 1 is 1.33 bits per heavy atom. The summed E-state index contributed by atoms with van der Waals surface area (Å²) in [5.41, 5.74) is 0. The van der Waals surface area contributed by atoms with Crippen LogP contribution in [0.5, 0.6) is 0 Å². The lowest BCUT2D eigenvalue weighted by Crippen LogP contribution is -2.01. The SMILES string of the molecule is C=NOCCCCON. The molecule has 4 heteroatoms. The Bertz CT molecular complexity index is 68.0. The van der Waals surface area contributed by atoms with E-state index < -0.39 is 0 Å². The quantitative estimate of drug-likeness (QED) is 0.321. The first-order valence-electron chi connectivity index (χ1n) is 2.81. The fraction of sp³-hybridized carbons (Fsp3) is 0.800. The molecule has 0 aromatic heterocycles. The first-order chi connectivity index (χ1) is 4.41. The first-order valence-corrected chi connectivity index (χ1v) is 2.81. The van der Waals surface area contributed by atoms with E-state index in [0.717, 1.165) is 12.8 Å². The van der Waals surface area contributed by atoms with Crippen molar-refractivity contribution in [1.29, 1.82) is 0 Å². The van der Waals surface area contributed by atoms with Crippen molar-refractivity contribution in [3.63, 3.8) is 0 Å². The summed E-state index contributed by atoms with van der Waals surface area (Å²) < 4.78 is 0. The Morgan fingerprint density at radius 2 is 2.00 bits per heavy atom. The van der Waals surface area contributed by atoms with E-state index in [1.165, 1.54) is 0 Å². The zero-order chi connectivity index (χ0) is 6.95. The Kier molecular flexibility index (Phi) is 6.89. The second-order valence-corrected chi connectivity index (χ2v) is 1.54. The largest absolute Gasteiger partial charge is 0.396 e. The van der Waals surface area contributed by atoms with Crippen LogP contribution < -0.4 is 5.90 Å². The molecule has 0 bridgehead atoms. The van der Waals surface area contributed by atoms with E-state index in [-0.39, 0.29) is 0 Å². The highest BCUT2D eigenvalue weighted by Gasteiger charge is 1.85. The number of unbranched alkanes of at least 4 members (excludes halogenated alkanes) is 1. The van der Waals surface area contributed by atoms with E-state index in [0.29, 0.717) is 13.2 Å². The normalized spacial score (nSPS) is 9.00. The molecule has 2 N–H and O–H groups in total. The lowest BCUT2D eigenvalue weighted by Gasteiger charge is -1.96. The molecule has 4 nitrogen and oxygen atoms in total. The third-order valence-electron chi connectivity index (χ3n) is 0.839. The van der Waals surface area contributed by atoms with Gasteiger partial charge in [-0.25, -0.2) is 5.90 Å². The minimum absolute atomic E-state index is 0.570. The van der Waals surface area contributed by atoms with Gasteiger partial charge in [0.15, 0.2) is 0 Å². The fourth-order valence-electron chi connectivity index (χ4n) is 0.417. The number of rotatable bonds is 6. The first kappa shape index (κ1) is 8.39. The molecule has 0 unspecified atom stereocenters. The fourth-order valence-corrected chi connectivity index (χ4v) is 0.417. The molecule has 0 amide bonds. The predicted molar refractivity (Wildman–Crippen MR) is 34.9 cm³/mol. The second kappa shape index (κ2) is 7.39. The summed E-state index contributed by atoms with van der Waals surface area (Å²) in [5.74, 6) is 4.77. The van der Waals surface area contributed by atoms with Gasteiger partial charge in [0.2, 0.25) is 0 Å². The van der Waals surface area contributed by atoms with E-state index in [2.05, 4.69) is 21.5 Å². The Hall–Kier alpha value is -0.610. The molecule has 0 radical (unpaired) electrons. The summed E-state index contributed by atoms with van der Waals surface area (Å²) >= 11 is 0. The standard InChI is InChI=1S/C5H12N2O2/c1-7-9-5-3-2-4-8-6/h1-6H2. The molecule has 9 heavy (non-hydrogen) atoms. The minimum atomic E-state index is 0.570. The van der Waals surface area contributed by atoms with Gasteiger partial charge in [-0.05, 0) is 12.8 Å². The van der Waals surface area contributed by atoms with Gasteiger partial charge in [0, 0.05) is 6.72 Å². The van der Waals surface area contributed by atoms with Crippen molar-refractivity contribution < 1.29 is 9.68 Å². The van der Waals surface area contributed by atoms with Gasteiger partial charge in [0.05, 0.1) is 6.61 Å². The average Bonchev–Trinajstić information content (AvgIpc) is 1.89. The van der Waals surface area contributed by atoms with Crippen molar-refractivity contribution >= 4 is 6.72 Å². The van der Waals surface area contributed by atoms with Gasteiger partial charge in [-0.3, -0.25) is 0 Å². The topological polar surface area (TPSA) is 56.8 Å². The minimum Gasteiger partial charge on any atom is -0.396 e. The summed E-state index contributed by atoms with van der Waals surface area (Å²) in [4.78, 5) is 8.92. The van der Waals surface area contributed by atoms with Crippen LogP contribution in [0.3, 0.4) is 0 Å². The molecule has 0 spiro atoms. The average molecular weight is 132 g/mol. The smallest absolute Gasteiger partial charge is 0.117 e. The molecule has 0 aliphatic rings. The van der Waals surface area contributed by atoms with Crippen molar-refractivity contribution in [3.8, 4) is 0 Å². The molecule has 0 rings (SSSR count). The molecular formula is C5H12N2O2. The van der Waals surface area contributed by atoms with Crippen molar-refractivity contribution in [2.45, 2.75) is 12.8 Å². The van der Waals surface area contributed by atoms with Crippen molar-refractivity contribution in [3.05, 3.63) is 0 Å². The summed E-state index contributed by atoms with van der Waals surface area (Å²) in [7, 11) is 0. The zero-order valence-corrected chi connectivity index (χ0v) is 5.38. The van der Waals surface area contributed by atoms with Crippen LogP contribution in [0.4, 0.5) is 0 Å². The molecule has 0 aromatic carbocycles. The van der Waals surface area contributed by atoms with Crippen LogP contribution in [0.15, 0.2) is 5.16 Å². The van der Waals surface area contributed by atoms with Crippen LogP contribution in [0, 0.1) is 0 Å². The highest BCUT2D eigenvalue weighted by molar-refractivity contribution is 5.21. The molecule has 0 aliphatic carbocycles. The van der Waals surface area contributed by atoms with E-state index in [1.54, 1.807) is 0 Å². The molecule has 0 heterocycles. The number of oxime groups is 1. The second-order valence-electron chi connectivity index (χ2n) is 1.54. The third kappa shape index (κ3) is 7.39. The molecule has 0 aliphatic heterocycles.